The van der Waals surface area contributed by atoms with Crippen LogP contribution in [0.4, 0.5) is 10.5 Å². The van der Waals surface area contributed by atoms with Gasteiger partial charge in [0.1, 0.15) is 18.2 Å². The molecule has 1 aliphatic heterocycles. The Morgan fingerprint density at radius 3 is 2.71 bits per heavy atom. The van der Waals surface area contributed by atoms with Crippen LogP contribution in [0.3, 0.4) is 0 Å². The van der Waals surface area contributed by atoms with Gasteiger partial charge in [0, 0.05) is 18.9 Å². The summed E-state index contributed by atoms with van der Waals surface area (Å²) in [7, 11) is 0. The molecule has 2 heterocycles. The zero-order valence-corrected chi connectivity index (χ0v) is 10.3. The Kier molecular flexibility index (Phi) is 3.22. The number of pyridine rings is 1. The van der Waals surface area contributed by atoms with Gasteiger partial charge in [0.15, 0.2) is 11.8 Å². The van der Waals surface area contributed by atoms with Crippen molar-refractivity contribution in [2.24, 2.45) is 0 Å². The van der Waals surface area contributed by atoms with E-state index in [9.17, 15) is 9.90 Å². The third kappa shape index (κ3) is 2.35. The van der Waals surface area contributed by atoms with Crippen molar-refractivity contribution in [1.82, 2.24) is 15.0 Å². The van der Waals surface area contributed by atoms with E-state index in [0.29, 0.717) is 5.15 Å². The molecule has 1 saturated heterocycles. The van der Waals surface area contributed by atoms with Crippen LogP contribution in [-0.2, 0) is 0 Å². The first-order valence-electron chi connectivity index (χ1n) is 5.52. The molecule has 92 valence electrons. The quantitative estimate of drug-likeness (QED) is 0.633. The monoisotopic (exact) mass is 255 g/mol. The highest BCUT2D eigenvalue weighted by molar-refractivity contribution is 6.30. The molecule has 1 aromatic rings. The Balaban J connectivity index is 2.38. The summed E-state index contributed by atoms with van der Waals surface area (Å²) < 4.78 is 0.188. The Bertz CT molecular complexity index is 444. The lowest BCUT2D eigenvalue weighted by atomic mass is 10.2. The van der Waals surface area contributed by atoms with E-state index in [1.165, 1.54) is 0 Å². The minimum absolute atomic E-state index is 0.188. The predicted octanol–water partition coefficient (Wildman–Crippen LogP) is 0.992. The molecule has 1 amide bonds. The molecule has 17 heavy (non-hydrogen) atoms. The fourth-order valence-electron chi connectivity index (χ4n) is 2.26. The number of aryl methyl sites for hydroxylation is 1. The molecule has 0 saturated carbocycles. The van der Waals surface area contributed by atoms with E-state index in [1.807, 2.05) is 13.0 Å². The molecule has 1 fully saturated rings. The van der Waals surface area contributed by atoms with Gasteiger partial charge in [-0.3, -0.25) is 0 Å². The maximum Gasteiger partial charge on any atom is 0.185 e. The molecule has 0 unspecified atom stereocenters. The summed E-state index contributed by atoms with van der Waals surface area (Å²) in [6.07, 6.45) is 2.31. The number of nitrogens with one attached hydrogen (secondary N) is 1. The molecule has 1 aliphatic rings. The molecule has 2 rings (SSSR count). The number of carbonyl (C=O) groups excluding carboxylic acids is 1. The van der Waals surface area contributed by atoms with Crippen molar-refractivity contribution in [1.29, 1.82) is 0 Å². The van der Waals surface area contributed by atoms with Crippen LogP contribution < -0.4 is 15.1 Å². The summed E-state index contributed by atoms with van der Waals surface area (Å²) in [6, 6.07) is 1.87. The molecule has 0 aliphatic carbocycles. The average Bonchev–Trinajstić information content (AvgIpc) is 2.70. The number of hydrogen-bond donors (Lipinski definition) is 1. The Labute approximate surface area is 105 Å². The van der Waals surface area contributed by atoms with Gasteiger partial charge in [-0.25, -0.2) is 10.4 Å². The van der Waals surface area contributed by atoms with Crippen molar-refractivity contribution in [3.05, 3.63) is 23.0 Å². The molecular formula is C11H14ClN3O2. The predicted molar refractivity (Wildman–Crippen MR) is 63.3 cm³/mol. The molecule has 1 N–H and O–H groups in total. The maximum atomic E-state index is 10.8. The molecule has 0 radical (unpaired) electrons. The van der Waals surface area contributed by atoms with E-state index >= 15 is 0 Å². The van der Waals surface area contributed by atoms with Gasteiger partial charge in [0.2, 0.25) is 0 Å². The summed E-state index contributed by atoms with van der Waals surface area (Å²) in [5.74, 6) is 0. The summed E-state index contributed by atoms with van der Waals surface area (Å²) in [6.45, 7) is 3.29. The second kappa shape index (κ2) is 4.50. The van der Waals surface area contributed by atoms with Crippen molar-refractivity contribution < 1.29 is 9.90 Å². The molecule has 0 aromatic carbocycles. The van der Waals surface area contributed by atoms with Crippen LogP contribution in [-0.4, -0.2) is 24.2 Å². The van der Waals surface area contributed by atoms with Gasteiger partial charge in [-0.2, -0.15) is 4.59 Å². The number of hydrogen-bond acceptors (Lipinski definition) is 3. The van der Waals surface area contributed by atoms with Gasteiger partial charge in [-0.15, -0.1) is 0 Å². The third-order valence-electron chi connectivity index (χ3n) is 3.13. The molecule has 0 spiro atoms. The van der Waals surface area contributed by atoms with Gasteiger partial charge in [-0.05, 0) is 12.5 Å². The van der Waals surface area contributed by atoms with Gasteiger partial charge in [-0.1, -0.05) is 11.6 Å². The zero-order valence-electron chi connectivity index (χ0n) is 9.57. The highest BCUT2D eigenvalue weighted by Crippen LogP contribution is 2.28. The SMILES string of the molecule is Cc1cc([N+]2(NC(=O)[O-])CCCC2)cnc1Cl. The van der Waals surface area contributed by atoms with Gasteiger partial charge >= 0.3 is 0 Å². The maximum absolute atomic E-state index is 10.8. The topological polar surface area (TPSA) is 65.0 Å². The number of rotatable bonds is 2. The fraction of sp³-hybridized carbons (Fsp3) is 0.455. The van der Waals surface area contributed by atoms with E-state index in [2.05, 4.69) is 10.4 Å². The van der Waals surface area contributed by atoms with Gasteiger partial charge in [0.05, 0.1) is 6.20 Å². The lowest BCUT2D eigenvalue weighted by molar-refractivity contribution is -0.255. The van der Waals surface area contributed by atoms with Crippen LogP contribution in [0.25, 0.3) is 0 Å². The lowest BCUT2D eigenvalue weighted by Crippen LogP contribution is -2.63. The Morgan fingerprint density at radius 2 is 2.18 bits per heavy atom. The number of carboxylic acid groups (broad SMARTS) is 1. The van der Waals surface area contributed by atoms with Crippen molar-refractivity contribution in [3.8, 4) is 0 Å². The fourth-order valence-corrected chi connectivity index (χ4v) is 2.37. The van der Waals surface area contributed by atoms with Crippen molar-refractivity contribution in [2.75, 3.05) is 13.1 Å². The number of amides is 1. The largest absolute Gasteiger partial charge is 0.526 e. The number of carbonyl (C=O) groups is 1. The summed E-state index contributed by atoms with van der Waals surface area (Å²) in [5, 5.41) is 11.2. The van der Waals surface area contributed by atoms with E-state index in [-0.39, 0.29) is 4.59 Å². The van der Waals surface area contributed by atoms with Crippen LogP contribution in [0.2, 0.25) is 5.15 Å². The number of quaternary nitrogens is 1. The average molecular weight is 256 g/mol. The van der Waals surface area contributed by atoms with Gasteiger partial charge < -0.3 is 9.90 Å². The third-order valence-corrected chi connectivity index (χ3v) is 3.52. The van der Waals surface area contributed by atoms with Crippen molar-refractivity contribution in [3.63, 3.8) is 0 Å². The smallest absolute Gasteiger partial charge is 0.185 e. The van der Waals surface area contributed by atoms with E-state index < -0.39 is 6.09 Å². The summed E-state index contributed by atoms with van der Waals surface area (Å²) in [4.78, 5) is 14.9. The molecule has 5 nitrogen and oxygen atoms in total. The van der Waals surface area contributed by atoms with Crippen LogP contribution in [0.15, 0.2) is 12.3 Å². The first-order valence-corrected chi connectivity index (χ1v) is 5.90. The molecule has 0 bridgehead atoms. The van der Waals surface area contributed by atoms with Crippen LogP contribution in [0.1, 0.15) is 18.4 Å². The van der Waals surface area contributed by atoms with Gasteiger partial charge in [0.25, 0.3) is 0 Å². The Hall–Kier alpha value is -1.33. The van der Waals surface area contributed by atoms with E-state index in [1.54, 1.807) is 6.20 Å². The number of aromatic nitrogens is 1. The first kappa shape index (κ1) is 12.1. The second-order valence-electron chi connectivity index (χ2n) is 4.32. The zero-order chi connectivity index (χ0) is 12.5. The van der Waals surface area contributed by atoms with Crippen LogP contribution >= 0.6 is 11.6 Å². The van der Waals surface area contributed by atoms with Crippen LogP contribution in [0.5, 0.6) is 0 Å². The Morgan fingerprint density at radius 1 is 1.53 bits per heavy atom. The second-order valence-corrected chi connectivity index (χ2v) is 4.68. The first-order chi connectivity index (χ1) is 8.03. The molecule has 0 atom stereocenters. The highest BCUT2D eigenvalue weighted by atomic mass is 35.5. The standard InChI is InChI=1S/C11H14ClN3O2/c1-8-6-9(7-13-10(8)12)15(14-11(16)17)4-2-3-5-15/h6-7,14H,2-5H2,1H3. The van der Waals surface area contributed by atoms with E-state index in [4.69, 9.17) is 11.6 Å². The number of halogens is 1. The number of nitrogens with zero attached hydrogens (tertiary/aromatic N) is 2. The minimum atomic E-state index is -1.26. The lowest BCUT2D eigenvalue weighted by Gasteiger charge is -2.33. The molecular weight excluding hydrogens is 242 g/mol. The molecule has 6 heteroatoms. The van der Waals surface area contributed by atoms with Crippen molar-refractivity contribution >= 4 is 23.4 Å². The molecule has 1 aromatic heterocycles. The highest BCUT2D eigenvalue weighted by Gasteiger charge is 2.36. The van der Waals surface area contributed by atoms with Crippen LogP contribution in [0, 0.1) is 6.92 Å². The summed E-state index contributed by atoms with van der Waals surface area (Å²) in [5.41, 5.74) is 4.13. The minimum Gasteiger partial charge on any atom is -0.526 e. The van der Waals surface area contributed by atoms with E-state index in [0.717, 1.165) is 37.2 Å². The van der Waals surface area contributed by atoms with Crippen molar-refractivity contribution in [2.45, 2.75) is 19.8 Å². The summed E-state index contributed by atoms with van der Waals surface area (Å²) >= 11 is 5.87. The normalized spacial score (nSPS) is 18.0.